The van der Waals surface area contributed by atoms with Crippen LogP contribution < -0.4 is 10.6 Å². The summed E-state index contributed by atoms with van der Waals surface area (Å²) in [5.74, 6) is -1.69. The monoisotopic (exact) mass is 490 g/mol. The molecule has 2 N–H and O–H groups in total. The second-order valence-electron chi connectivity index (χ2n) is 6.97. The quantitative estimate of drug-likeness (QED) is 0.352. The highest BCUT2D eigenvalue weighted by Gasteiger charge is 2.19. The van der Waals surface area contributed by atoms with Gasteiger partial charge in [-0.2, -0.15) is 0 Å². The molecule has 2 radical (unpaired) electrons. The van der Waals surface area contributed by atoms with E-state index in [4.69, 9.17) is 12.6 Å². The summed E-state index contributed by atoms with van der Waals surface area (Å²) in [6.45, 7) is 0.121. The average molecular weight is 491 g/mol. The first kappa shape index (κ1) is 23.3. The largest absolute Gasteiger partial charge is 0.457 e. The molecule has 6 nitrogen and oxygen atoms in total. The Labute approximate surface area is 195 Å². The molecule has 1 unspecified atom stereocenters. The number of carbonyl (C=O) groups is 3. The maximum Gasteiger partial charge on any atom is 0.340 e. The third kappa shape index (κ3) is 6.82. The molecule has 0 saturated carbocycles. The molecule has 0 aliphatic rings. The number of benzene rings is 3. The smallest absolute Gasteiger partial charge is 0.340 e. The third-order valence-electron chi connectivity index (χ3n) is 4.61. The lowest BCUT2D eigenvalue weighted by Crippen LogP contribution is -2.30. The van der Waals surface area contributed by atoms with Crippen molar-refractivity contribution in [3.05, 3.63) is 100 Å². The number of hydrogen-bond donors (Lipinski definition) is 2. The first-order valence-corrected chi connectivity index (χ1v) is 10.6. The molecular formula is C24H20BBrN2O4. The van der Waals surface area contributed by atoms with Gasteiger partial charge in [0.25, 0.3) is 0 Å². The zero-order chi connectivity index (χ0) is 22.9. The molecule has 160 valence electrons. The summed E-state index contributed by atoms with van der Waals surface area (Å²) in [5, 5.41) is 5.31. The number of rotatable bonds is 8. The summed E-state index contributed by atoms with van der Waals surface area (Å²) in [5.41, 5.74) is 2.14. The average Bonchev–Trinajstić information content (AvgIpc) is 2.78. The second kappa shape index (κ2) is 11.3. The van der Waals surface area contributed by atoms with Crippen LogP contribution in [-0.2, 0) is 16.1 Å². The number of halogens is 1. The van der Waals surface area contributed by atoms with E-state index in [9.17, 15) is 14.4 Å². The molecule has 0 aliphatic heterocycles. The van der Waals surface area contributed by atoms with Crippen molar-refractivity contribution in [2.45, 2.75) is 19.1 Å². The predicted octanol–water partition coefficient (Wildman–Crippen LogP) is 4.75. The Morgan fingerprint density at radius 2 is 1.56 bits per heavy atom. The molecular weight excluding hydrogens is 471 g/mol. The number of esters is 1. The van der Waals surface area contributed by atoms with Crippen LogP contribution in [0.4, 0.5) is 10.5 Å². The predicted molar refractivity (Wildman–Crippen MR) is 126 cm³/mol. The summed E-state index contributed by atoms with van der Waals surface area (Å²) in [6, 6.07) is 22.5. The molecule has 2 amide bonds. The first-order valence-electron chi connectivity index (χ1n) is 9.83. The van der Waals surface area contributed by atoms with E-state index in [-0.39, 0.29) is 18.6 Å². The van der Waals surface area contributed by atoms with Crippen molar-refractivity contribution in [3.8, 4) is 0 Å². The number of hydrogen-bond acceptors (Lipinski definition) is 4. The Morgan fingerprint density at radius 1 is 0.906 bits per heavy atom. The molecule has 0 bridgehead atoms. The zero-order valence-electron chi connectivity index (χ0n) is 17.1. The Kier molecular flexibility index (Phi) is 8.22. The van der Waals surface area contributed by atoms with Gasteiger partial charge in [-0.05, 0) is 35.4 Å². The Hall–Kier alpha value is -3.39. The van der Waals surface area contributed by atoms with Crippen molar-refractivity contribution in [1.82, 2.24) is 5.32 Å². The van der Waals surface area contributed by atoms with Crippen molar-refractivity contribution < 1.29 is 19.1 Å². The maximum atomic E-state index is 12.7. The molecule has 1 atom stereocenters. The van der Waals surface area contributed by atoms with E-state index >= 15 is 0 Å². The van der Waals surface area contributed by atoms with Crippen LogP contribution in [0.2, 0.25) is 0 Å². The van der Waals surface area contributed by atoms with Gasteiger partial charge in [0.1, 0.15) is 6.61 Å². The van der Waals surface area contributed by atoms with Gasteiger partial charge >= 0.3 is 5.97 Å². The van der Waals surface area contributed by atoms with E-state index in [1.165, 1.54) is 0 Å². The van der Waals surface area contributed by atoms with Gasteiger partial charge in [-0.15, -0.1) is 0 Å². The van der Waals surface area contributed by atoms with Crippen molar-refractivity contribution in [1.29, 1.82) is 0 Å². The lowest BCUT2D eigenvalue weighted by molar-refractivity contribution is -0.116. The molecule has 0 aliphatic carbocycles. The van der Waals surface area contributed by atoms with E-state index in [1.807, 2.05) is 30.3 Å². The molecule has 0 heterocycles. The minimum absolute atomic E-state index is 0.0715. The number of nitrogens with one attached hydrogen (secondary N) is 2. The third-order valence-corrected chi connectivity index (χ3v) is 5.14. The van der Waals surface area contributed by atoms with Crippen LogP contribution in [0.5, 0.6) is 0 Å². The second-order valence-corrected chi connectivity index (χ2v) is 7.89. The van der Waals surface area contributed by atoms with E-state index in [2.05, 4.69) is 26.6 Å². The summed E-state index contributed by atoms with van der Waals surface area (Å²) in [4.78, 5) is 36.8. The van der Waals surface area contributed by atoms with Crippen molar-refractivity contribution in [2.75, 3.05) is 5.32 Å². The highest BCUT2D eigenvalue weighted by atomic mass is 79.9. The standard InChI is InChI=1S/C24H20BBrN2O4/c25-24(31)28-21(17-10-12-18(26)13-11-17)14-22(29)27-20-9-5-4-8-19(20)23(30)32-15-16-6-2-1-3-7-16/h1-13,21H,14-15H2,(H,27,29)(H,28,31). The normalized spacial score (nSPS) is 11.3. The fourth-order valence-electron chi connectivity index (χ4n) is 3.08. The van der Waals surface area contributed by atoms with E-state index in [0.29, 0.717) is 5.69 Å². The minimum Gasteiger partial charge on any atom is -0.457 e. The highest BCUT2D eigenvalue weighted by molar-refractivity contribution is 9.10. The summed E-state index contributed by atoms with van der Waals surface area (Å²) in [6.07, 6.45) is -0.0715. The lowest BCUT2D eigenvalue weighted by Gasteiger charge is -2.19. The van der Waals surface area contributed by atoms with E-state index < -0.39 is 23.7 Å². The van der Waals surface area contributed by atoms with E-state index in [1.54, 1.807) is 48.5 Å². The van der Waals surface area contributed by atoms with Crippen molar-refractivity contribution in [3.63, 3.8) is 0 Å². The highest BCUT2D eigenvalue weighted by Crippen LogP contribution is 2.22. The van der Waals surface area contributed by atoms with Crippen LogP contribution in [0.15, 0.2) is 83.3 Å². The molecule has 0 fully saturated rings. The van der Waals surface area contributed by atoms with Gasteiger partial charge in [-0.3, -0.25) is 9.59 Å². The summed E-state index contributed by atoms with van der Waals surface area (Å²) >= 11 is 3.35. The topological polar surface area (TPSA) is 84.5 Å². The number of anilines is 1. The SMILES string of the molecule is [B]C(=O)NC(CC(=O)Nc1ccccc1C(=O)OCc1ccccc1)c1ccc(Br)cc1. The van der Waals surface area contributed by atoms with E-state index in [0.717, 1.165) is 15.6 Å². The fraction of sp³-hybridized carbons (Fsp3) is 0.125. The van der Waals surface area contributed by atoms with Gasteiger partial charge in [0.15, 0.2) is 5.81 Å². The molecule has 0 saturated heterocycles. The van der Waals surface area contributed by atoms with Crippen molar-refractivity contribution in [2.24, 2.45) is 0 Å². The Morgan fingerprint density at radius 3 is 2.25 bits per heavy atom. The molecule has 0 spiro atoms. The van der Waals surface area contributed by atoms with Gasteiger partial charge in [-0.25, -0.2) is 4.79 Å². The molecule has 3 rings (SSSR count). The fourth-order valence-corrected chi connectivity index (χ4v) is 3.34. The molecule has 3 aromatic rings. The number of amides is 2. The maximum absolute atomic E-state index is 12.7. The zero-order valence-corrected chi connectivity index (χ0v) is 18.7. The molecule has 0 aromatic heterocycles. The van der Waals surface area contributed by atoms with Gasteiger partial charge in [-0.1, -0.05) is 70.5 Å². The van der Waals surface area contributed by atoms with Gasteiger partial charge in [0.05, 0.1) is 23.7 Å². The van der Waals surface area contributed by atoms with Gasteiger partial charge in [0.2, 0.25) is 13.8 Å². The summed E-state index contributed by atoms with van der Waals surface area (Å²) < 4.78 is 6.25. The first-order chi connectivity index (χ1) is 15.4. The number of carbonyl (C=O) groups excluding carboxylic acids is 3. The van der Waals surface area contributed by atoms with Crippen LogP contribution in [0.25, 0.3) is 0 Å². The van der Waals surface area contributed by atoms with Crippen LogP contribution in [0, 0.1) is 0 Å². The van der Waals surface area contributed by atoms with Crippen LogP contribution in [-0.4, -0.2) is 25.5 Å². The minimum atomic E-state index is -0.740. The lowest BCUT2D eigenvalue weighted by atomic mass is 10.0. The number of para-hydroxylation sites is 1. The molecule has 32 heavy (non-hydrogen) atoms. The molecule has 3 aromatic carbocycles. The molecule has 8 heteroatoms. The Balaban J connectivity index is 1.69. The van der Waals surface area contributed by atoms with Crippen LogP contribution >= 0.6 is 15.9 Å². The number of ether oxygens (including phenoxy) is 1. The van der Waals surface area contributed by atoms with Crippen molar-refractivity contribution >= 4 is 47.1 Å². The van der Waals surface area contributed by atoms with Gasteiger partial charge < -0.3 is 15.4 Å². The summed E-state index contributed by atoms with van der Waals surface area (Å²) in [7, 11) is 5.28. The van der Waals surface area contributed by atoms with Crippen LogP contribution in [0.3, 0.4) is 0 Å². The van der Waals surface area contributed by atoms with Crippen LogP contribution in [0.1, 0.15) is 33.9 Å². The van der Waals surface area contributed by atoms with Gasteiger partial charge in [0, 0.05) is 4.47 Å². The Bertz CT molecular complexity index is 1090.